The third-order valence-electron chi connectivity index (χ3n) is 5.88. The Morgan fingerprint density at radius 2 is 1.45 bits per heavy atom. The molecule has 0 aliphatic heterocycles. The minimum atomic E-state index is -0.931. The first kappa shape index (κ1) is 37.4. The minimum Gasteiger partial charge on any atom is -0.480 e. The summed E-state index contributed by atoms with van der Waals surface area (Å²) in [7, 11) is 0. The van der Waals surface area contributed by atoms with Crippen LogP contribution in [0.2, 0.25) is 0 Å². The molecule has 0 aromatic heterocycles. The molecular formula is C25H51N7O6. The van der Waals surface area contributed by atoms with Gasteiger partial charge in [-0.05, 0) is 43.6 Å². The number of carbonyl (C=O) groups excluding carboxylic acids is 4. The van der Waals surface area contributed by atoms with Gasteiger partial charge >= 0.3 is 5.97 Å². The van der Waals surface area contributed by atoms with Crippen molar-refractivity contribution in [2.45, 2.75) is 97.8 Å². The van der Waals surface area contributed by atoms with Crippen LogP contribution in [-0.4, -0.2) is 72.0 Å². The summed E-state index contributed by atoms with van der Waals surface area (Å²) in [6.07, 6.45) is 2.98. The van der Waals surface area contributed by atoms with Crippen molar-refractivity contribution in [3.8, 4) is 0 Å². The fraction of sp³-hybridized carbons (Fsp3) is 0.800. The number of aliphatic carboxylic acids is 1. The molecule has 0 bridgehead atoms. The fourth-order valence-corrected chi connectivity index (χ4v) is 3.15. The van der Waals surface area contributed by atoms with Crippen molar-refractivity contribution in [1.29, 1.82) is 0 Å². The number of hydrogen-bond acceptors (Lipinski definition) is 8. The van der Waals surface area contributed by atoms with E-state index in [1.165, 1.54) is 0 Å². The molecule has 0 saturated heterocycles. The normalized spacial score (nSPS) is 14.8. The molecule has 13 nitrogen and oxygen atoms in total. The second kappa shape index (κ2) is 20.2. The van der Waals surface area contributed by atoms with E-state index in [4.69, 9.17) is 28.0 Å². The highest BCUT2D eigenvalue weighted by Gasteiger charge is 2.31. The summed E-state index contributed by atoms with van der Waals surface area (Å²) in [6, 6.07) is -3.13. The Hall–Kier alpha value is -2.77. The van der Waals surface area contributed by atoms with Crippen LogP contribution < -0.4 is 38.9 Å². The van der Waals surface area contributed by atoms with E-state index in [0.717, 1.165) is 12.8 Å². The first-order valence-electron chi connectivity index (χ1n) is 13.2. The Morgan fingerprint density at radius 1 is 0.868 bits per heavy atom. The van der Waals surface area contributed by atoms with Crippen molar-refractivity contribution >= 4 is 29.6 Å². The summed E-state index contributed by atoms with van der Waals surface area (Å²) in [6.45, 7) is 11.3. The molecule has 0 heterocycles. The van der Waals surface area contributed by atoms with Gasteiger partial charge in [0.25, 0.3) is 0 Å². The van der Waals surface area contributed by atoms with Gasteiger partial charge in [-0.15, -0.1) is 0 Å². The summed E-state index contributed by atoms with van der Waals surface area (Å²) >= 11 is 0. The standard InChI is InChI=1S/C20H40N6O4.C5H11NO2/c1-5-13(4)17(26-18(28)14(22)8-6-7-9-21)20(30)25-15(10-12(2)3)19(29)24-11-16(23)27;1-3(2)4(6)5(7)8/h12-15,17H,5-11,21-22H2,1-4H3,(H2,23,27)(H,24,29)(H,25,30)(H,26,28);3-4H,6H2,1-2H3,(H,7,8)/t13-,14-,15-,17-;4-/m00/s1. The van der Waals surface area contributed by atoms with E-state index < -0.39 is 53.8 Å². The van der Waals surface area contributed by atoms with E-state index in [1.54, 1.807) is 13.8 Å². The zero-order valence-corrected chi connectivity index (χ0v) is 23.8. The van der Waals surface area contributed by atoms with Gasteiger partial charge in [0.05, 0.1) is 12.6 Å². The van der Waals surface area contributed by atoms with Crippen LogP contribution in [0.5, 0.6) is 0 Å². The molecule has 0 rings (SSSR count). The number of hydrogen-bond donors (Lipinski definition) is 8. The molecule has 0 unspecified atom stereocenters. The van der Waals surface area contributed by atoms with Gasteiger partial charge in [-0.1, -0.05) is 54.4 Å². The molecule has 0 saturated carbocycles. The number of nitrogens with two attached hydrogens (primary N) is 4. The predicted octanol–water partition coefficient (Wildman–Crippen LogP) is -0.840. The Labute approximate surface area is 226 Å². The summed E-state index contributed by atoms with van der Waals surface area (Å²) in [5.41, 5.74) is 21.6. The molecule has 5 atom stereocenters. The Kier molecular flexibility index (Phi) is 19.9. The third kappa shape index (κ3) is 16.9. The van der Waals surface area contributed by atoms with Crippen molar-refractivity contribution in [3.63, 3.8) is 0 Å². The summed E-state index contributed by atoms with van der Waals surface area (Å²) in [5.74, 6) is -3.01. The highest BCUT2D eigenvalue weighted by atomic mass is 16.4. The van der Waals surface area contributed by atoms with Crippen molar-refractivity contribution in [1.82, 2.24) is 16.0 Å². The molecular weight excluding hydrogens is 494 g/mol. The number of unbranched alkanes of at least 4 members (excludes halogenated alkanes) is 1. The molecule has 0 aliphatic carbocycles. The largest absolute Gasteiger partial charge is 0.480 e. The van der Waals surface area contributed by atoms with Gasteiger partial charge in [-0.25, -0.2) is 0 Å². The molecule has 38 heavy (non-hydrogen) atoms. The van der Waals surface area contributed by atoms with E-state index in [-0.39, 0.29) is 24.3 Å². The summed E-state index contributed by atoms with van der Waals surface area (Å²) in [5, 5.41) is 16.1. The number of nitrogens with one attached hydrogen (secondary N) is 3. The highest BCUT2D eigenvalue weighted by molar-refractivity contribution is 5.94. The van der Waals surface area contributed by atoms with Gasteiger partial charge in [0.1, 0.15) is 18.1 Å². The number of primary amides is 1. The Bertz CT molecular complexity index is 748. The van der Waals surface area contributed by atoms with Crippen LogP contribution in [0.15, 0.2) is 0 Å². The monoisotopic (exact) mass is 545 g/mol. The summed E-state index contributed by atoms with van der Waals surface area (Å²) < 4.78 is 0. The second-order valence-electron chi connectivity index (χ2n) is 10.2. The molecule has 12 N–H and O–H groups in total. The molecule has 0 fully saturated rings. The van der Waals surface area contributed by atoms with Gasteiger partial charge in [0.15, 0.2) is 0 Å². The number of carboxylic acids is 1. The number of amides is 4. The molecule has 0 spiro atoms. The van der Waals surface area contributed by atoms with Gasteiger partial charge in [0.2, 0.25) is 23.6 Å². The third-order valence-corrected chi connectivity index (χ3v) is 5.88. The lowest BCUT2D eigenvalue weighted by Crippen LogP contribution is -2.58. The van der Waals surface area contributed by atoms with Crippen LogP contribution in [-0.2, 0) is 24.0 Å². The maximum Gasteiger partial charge on any atom is 0.320 e. The maximum absolute atomic E-state index is 12.9. The van der Waals surface area contributed by atoms with Crippen LogP contribution in [0.3, 0.4) is 0 Å². The van der Waals surface area contributed by atoms with Gasteiger partial charge in [0, 0.05) is 0 Å². The average Bonchev–Trinajstić information content (AvgIpc) is 2.83. The lowest BCUT2D eigenvalue weighted by Gasteiger charge is -2.28. The molecule has 0 aromatic rings. The maximum atomic E-state index is 12.9. The number of carbonyl (C=O) groups is 5. The lowest BCUT2D eigenvalue weighted by molar-refractivity contribution is -0.139. The zero-order valence-electron chi connectivity index (χ0n) is 23.8. The highest BCUT2D eigenvalue weighted by Crippen LogP contribution is 2.11. The molecule has 0 aliphatic rings. The lowest BCUT2D eigenvalue weighted by atomic mass is 9.96. The first-order valence-corrected chi connectivity index (χ1v) is 13.2. The SMILES string of the molecule is CC(C)[C@H](N)C(=O)O.CC[C@H](C)[C@H](NC(=O)[C@@H](N)CCCCN)C(=O)N[C@@H](CC(C)C)C(=O)NCC(N)=O. The van der Waals surface area contributed by atoms with Crippen LogP contribution in [0.1, 0.15) is 73.6 Å². The minimum absolute atomic E-state index is 0.0208. The molecule has 4 amide bonds. The van der Waals surface area contributed by atoms with E-state index in [0.29, 0.717) is 25.8 Å². The Balaban J connectivity index is 0. The predicted molar refractivity (Wildman–Crippen MR) is 146 cm³/mol. The van der Waals surface area contributed by atoms with Crippen molar-refractivity contribution < 1.29 is 29.1 Å². The van der Waals surface area contributed by atoms with Gasteiger partial charge in [-0.3, -0.25) is 24.0 Å². The van der Waals surface area contributed by atoms with Crippen LogP contribution >= 0.6 is 0 Å². The smallest absolute Gasteiger partial charge is 0.320 e. The van der Waals surface area contributed by atoms with Crippen molar-refractivity contribution in [3.05, 3.63) is 0 Å². The van der Waals surface area contributed by atoms with Crippen molar-refractivity contribution in [2.24, 2.45) is 40.7 Å². The molecule has 0 aromatic carbocycles. The quantitative estimate of drug-likeness (QED) is 0.106. The molecule has 222 valence electrons. The number of carboxylic acid groups (broad SMARTS) is 1. The van der Waals surface area contributed by atoms with E-state index in [1.807, 2.05) is 27.7 Å². The fourth-order valence-electron chi connectivity index (χ4n) is 3.15. The van der Waals surface area contributed by atoms with Crippen LogP contribution in [0.25, 0.3) is 0 Å². The van der Waals surface area contributed by atoms with Crippen molar-refractivity contribution in [2.75, 3.05) is 13.1 Å². The van der Waals surface area contributed by atoms with Gasteiger partial charge < -0.3 is 44.0 Å². The average molecular weight is 546 g/mol. The topological polar surface area (TPSA) is 246 Å². The number of rotatable bonds is 17. The van der Waals surface area contributed by atoms with E-state index in [2.05, 4.69) is 16.0 Å². The summed E-state index contributed by atoms with van der Waals surface area (Å²) in [4.78, 5) is 58.8. The van der Waals surface area contributed by atoms with E-state index in [9.17, 15) is 24.0 Å². The zero-order chi connectivity index (χ0) is 30.0. The Morgan fingerprint density at radius 3 is 1.84 bits per heavy atom. The van der Waals surface area contributed by atoms with E-state index >= 15 is 0 Å². The molecule has 13 heteroatoms. The van der Waals surface area contributed by atoms with Crippen LogP contribution in [0, 0.1) is 17.8 Å². The van der Waals surface area contributed by atoms with Crippen LogP contribution in [0.4, 0.5) is 0 Å². The first-order chi connectivity index (χ1) is 17.6. The molecule has 0 radical (unpaired) electrons. The second-order valence-corrected chi connectivity index (χ2v) is 10.2. The van der Waals surface area contributed by atoms with Gasteiger partial charge in [-0.2, -0.15) is 0 Å².